The van der Waals surface area contributed by atoms with Crippen molar-refractivity contribution in [2.24, 2.45) is 11.8 Å². The molecule has 1 aromatic carbocycles. The number of halogens is 2. The highest BCUT2D eigenvalue weighted by Crippen LogP contribution is 2.37. The second-order valence-corrected chi connectivity index (χ2v) is 10.8. The summed E-state index contributed by atoms with van der Waals surface area (Å²) >= 11 is 0. The van der Waals surface area contributed by atoms with Crippen LogP contribution in [0.25, 0.3) is 0 Å². The Hall–Kier alpha value is -2.76. The van der Waals surface area contributed by atoms with Gasteiger partial charge in [0.1, 0.15) is 11.8 Å². The highest BCUT2D eigenvalue weighted by atomic mass is 32.2. The van der Waals surface area contributed by atoms with Crippen molar-refractivity contribution in [3.05, 3.63) is 36.2 Å². The van der Waals surface area contributed by atoms with Gasteiger partial charge in [0.15, 0.2) is 21.5 Å². The maximum atomic E-state index is 15.0. The molecule has 0 bridgehead atoms. The second-order valence-electron chi connectivity index (χ2n) is 8.66. The van der Waals surface area contributed by atoms with E-state index in [-0.39, 0.29) is 41.3 Å². The first-order valence-electron chi connectivity index (χ1n) is 10.6. The number of hydrogen-bond acceptors (Lipinski definition) is 7. The summed E-state index contributed by atoms with van der Waals surface area (Å²) in [6.07, 6.45) is 3.36. The quantitative estimate of drug-likeness (QED) is 0.662. The van der Waals surface area contributed by atoms with Crippen molar-refractivity contribution in [2.45, 2.75) is 25.5 Å². The zero-order chi connectivity index (χ0) is 22.5. The van der Waals surface area contributed by atoms with E-state index in [1.807, 2.05) is 0 Å². The fourth-order valence-corrected chi connectivity index (χ4v) is 6.60. The molecule has 9 nitrogen and oxygen atoms in total. The minimum atomic E-state index is -2.88. The third-order valence-corrected chi connectivity index (χ3v) is 8.38. The molecule has 3 aliphatic heterocycles. The van der Waals surface area contributed by atoms with Gasteiger partial charge in [-0.25, -0.2) is 26.7 Å². The Morgan fingerprint density at radius 3 is 2.38 bits per heavy atom. The molecule has 172 valence electrons. The minimum Gasteiger partial charge on any atom is -0.442 e. The van der Waals surface area contributed by atoms with Crippen molar-refractivity contribution in [1.29, 1.82) is 0 Å². The van der Waals surface area contributed by atoms with Gasteiger partial charge in [-0.05, 0) is 24.7 Å². The zero-order valence-corrected chi connectivity index (χ0v) is 18.0. The molecular weight excluding hydrogens is 444 g/mol. The minimum absolute atomic E-state index is 0.101. The number of amides is 1. The number of ether oxygens (including phenoxy) is 1. The lowest BCUT2D eigenvalue weighted by Gasteiger charge is -2.40. The molecule has 0 spiro atoms. The number of benzene rings is 1. The van der Waals surface area contributed by atoms with E-state index >= 15 is 0 Å². The van der Waals surface area contributed by atoms with Crippen LogP contribution in [0.4, 0.5) is 25.0 Å². The van der Waals surface area contributed by atoms with Gasteiger partial charge < -0.3 is 9.64 Å². The Balaban J connectivity index is 1.25. The molecule has 32 heavy (non-hydrogen) atoms. The van der Waals surface area contributed by atoms with Crippen molar-refractivity contribution in [2.75, 3.05) is 40.9 Å². The van der Waals surface area contributed by atoms with E-state index in [1.165, 1.54) is 15.8 Å². The number of cyclic esters (lactones) is 1. The average Bonchev–Trinajstić information content (AvgIpc) is 3.36. The Kier molecular flexibility index (Phi) is 5.26. The molecule has 3 saturated heterocycles. The van der Waals surface area contributed by atoms with E-state index in [4.69, 9.17) is 4.74 Å². The summed E-state index contributed by atoms with van der Waals surface area (Å²) in [5, 5.41) is 7.52. The van der Waals surface area contributed by atoms with Crippen molar-refractivity contribution < 1.29 is 26.7 Å². The summed E-state index contributed by atoms with van der Waals surface area (Å²) in [6.45, 7) is 1.36. The molecule has 3 fully saturated rings. The van der Waals surface area contributed by atoms with Gasteiger partial charge in [0.05, 0.1) is 36.5 Å². The summed E-state index contributed by atoms with van der Waals surface area (Å²) in [4.78, 5) is 15.1. The Bertz CT molecular complexity index is 1080. The van der Waals surface area contributed by atoms with Crippen LogP contribution in [0, 0.1) is 23.5 Å². The normalized spacial score (nSPS) is 23.9. The van der Waals surface area contributed by atoms with Crippen LogP contribution in [0.3, 0.4) is 0 Å². The van der Waals surface area contributed by atoms with Gasteiger partial charge >= 0.3 is 6.09 Å². The average molecular weight is 467 g/mol. The molecule has 0 N–H and O–H groups in total. The van der Waals surface area contributed by atoms with Crippen LogP contribution in [0.2, 0.25) is 0 Å². The summed E-state index contributed by atoms with van der Waals surface area (Å²) < 4.78 is 59.6. The molecule has 1 atom stereocenters. The van der Waals surface area contributed by atoms with Gasteiger partial charge in [0.2, 0.25) is 0 Å². The number of piperidine rings is 1. The van der Waals surface area contributed by atoms with Gasteiger partial charge in [-0.15, -0.1) is 5.10 Å². The highest BCUT2D eigenvalue weighted by Gasteiger charge is 2.40. The summed E-state index contributed by atoms with van der Waals surface area (Å²) in [5.41, 5.74) is -0.00967. The van der Waals surface area contributed by atoms with Crippen molar-refractivity contribution in [1.82, 2.24) is 15.0 Å². The zero-order valence-electron chi connectivity index (χ0n) is 17.2. The molecule has 1 aromatic heterocycles. The van der Waals surface area contributed by atoms with Gasteiger partial charge in [-0.1, -0.05) is 5.21 Å². The smallest absolute Gasteiger partial charge is 0.414 e. The van der Waals surface area contributed by atoms with E-state index in [1.54, 1.807) is 11.1 Å². The van der Waals surface area contributed by atoms with Crippen LogP contribution in [-0.4, -0.2) is 66.7 Å². The standard InChI is InChI=1S/C20H23F2N5O4S/c21-17-7-15(27-10-16(31-20(27)28)9-26-6-3-23-24-26)8-18(22)19(17)25-4-1-13(2-5-25)14-11-32(29,30)12-14/h3,6-8,13-14,16H,1-2,4-5,9-12H2/t16-/m0/s1. The van der Waals surface area contributed by atoms with E-state index in [2.05, 4.69) is 10.3 Å². The lowest BCUT2D eigenvalue weighted by atomic mass is 9.86. The first-order chi connectivity index (χ1) is 15.3. The van der Waals surface area contributed by atoms with Crippen LogP contribution in [0.15, 0.2) is 24.5 Å². The molecule has 5 rings (SSSR count). The number of nitrogens with zero attached hydrogens (tertiary/aromatic N) is 5. The van der Waals surface area contributed by atoms with E-state index in [0.29, 0.717) is 32.5 Å². The molecule has 0 aliphatic carbocycles. The maximum absolute atomic E-state index is 15.0. The van der Waals surface area contributed by atoms with Crippen molar-refractivity contribution in [3.8, 4) is 0 Å². The topological polar surface area (TPSA) is 97.6 Å². The molecule has 0 unspecified atom stereocenters. The van der Waals surface area contributed by atoms with Crippen LogP contribution in [-0.2, 0) is 21.1 Å². The summed E-state index contributed by atoms with van der Waals surface area (Å²) in [5.74, 6) is -0.612. The van der Waals surface area contributed by atoms with Gasteiger partial charge in [0, 0.05) is 31.4 Å². The number of rotatable bonds is 5. The maximum Gasteiger partial charge on any atom is 0.414 e. The highest BCUT2D eigenvalue weighted by molar-refractivity contribution is 7.92. The fraction of sp³-hybridized carbons (Fsp3) is 0.550. The second kappa shape index (κ2) is 7.98. The van der Waals surface area contributed by atoms with Crippen LogP contribution in [0.5, 0.6) is 0 Å². The molecule has 12 heteroatoms. The number of hydrogen-bond donors (Lipinski definition) is 0. The number of aromatic nitrogens is 3. The predicted molar refractivity (Wildman–Crippen MR) is 111 cm³/mol. The van der Waals surface area contributed by atoms with Crippen LogP contribution >= 0.6 is 0 Å². The third kappa shape index (κ3) is 4.03. The Labute approximate surface area is 183 Å². The Morgan fingerprint density at radius 1 is 1.09 bits per heavy atom. The molecule has 2 aromatic rings. The monoisotopic (exact) mass is 467 g/mol. The van der Waals surface area contributed by atoms with Crippen LogP contribution in [0.1, 0.15) is 12.8 Å². The number of anilines is 2. The Morgan fingerprint density at radius 2 is 1.78 bits per heavy atom. The van der Waals surface area contributed by atoms with Crippen LogP contribution < -0.4 is 9.80 Å². The molecule has 1 amide bonds. The largest absolute Gasteiger partial charge is 0.442 e. The molecule has 4 heterocycles. The van der Waals surface area contributed by atoms with Gasteiger partial charge in [0.25, 0.3) is 0 Å². The summed E-state index contributed by atoms with van der Waals surface area (Å²) in [6, 6.07) is 2.31. The van der Waals surface area contributed by atoms with E-state index in [0.717, 1.165) is 12.1 Å². The third-order valence-electron chi connectivity index (χ3n) is 6.51. The van der Waals surface area contributed by atoms with Gasteiger partial charge in [-0.2, -0.15) is 0 Å². The first-order valence-corrected chi connectivity index (χ1v) is 12.4. The first kappa shape index (κ1) is 21.1. The van der Waals surface area contributed by atoms with Crippen molar-refractivity contribution >= 4 is 27.3 Å². The van der Waals surface area contributed by atoms with Gasteiger partial charge in [-0.3, -0.25) is 4.90 Å². The predicted octanol–water partition coefficient (Wildman–Crippen LogP) is 1.84. The number of carbonyl (C=O) groups excluding carboxylic acids is 1. The fourth-order valence-electron chi connectivity index (χ4n) is 4.85. The van der Waals surface area contributed by atoms with E-state index < -0.39 is 33.7 Å². The number of carbonyl (C=O) groups is 1. The molecule has 0 saturated carbocycles. The molecule has 0 radical (unpaired) electrons. The lowest BCUT2D eigenvalue weighted by Crippen LogP contribution is -2.46. The molecule has 3 aliphatic rings. The number of sulfone groups is 1. The molecular formula is C20H23F2N5O4S. The lowest BCUT2D eigenvalue weighted by molar-refractivity contribution is 0.129. The van der Waals surface area contributed by atoms with E-state index in [9.17, 15) is 22.0 Å². The summed E-state index contributed by atoms with van der Waals surface area (Å²) in [7, 11) is -2.88. The SMILES string of the molecule is O=C1O[C@@H](Cn2ccnn2)CN1c1cc(F)c(N2CCC(C3CS(=O)(=O)C3)CC2)c(F)c1. The van der Waals surface area contributed by atoms with Crippen molar-refractivity contribution in [3.63, 3.8) is 0 Å².